The molecule has 19 heavy (non-hydrogen) atoms. The first-order valence-electron chi connectivity index (χ1n) is 6.62. The summed E-state index contributed by atoms with van der Waals surface area (Å²) in [5, 5.41) is 0. The molecule has 1 atom stereocenters. The Bertz CT molecular complexity index is 493. The lowest BCUT2D eigenvalue weighted by Gasteiger charge is -2.35. The standard InChI is InChI=1S/C16H20O2S/c1-4-18-15(17)16(14-8-6-5-7-9-14)10-12(2)13(3)11-19-16/h5-9H,4,10-11H2,1-3H3. The van der Waals surface area contributed by atoms with Gasteiger partial charge in [0.25, 0.3) is 0 Å². The second-order valence-electron chi connectivity index (χ2n) is 4.94. The second-order valence-corrected chi connectivity index (χ2v) is 6.21. The van der Waals surface area contributed by atoms with E-state index in [0.717, 1.165) is 17.7 Å². The number of allylic oxidation sites excluding steroid dienone is 1. The first-order valence-corrected chi connectivity index (χ1v) is 7.60. The molecule has 0 aliphatic carbocycles. The molecule has 1 aliphatic heterocycles. The Kier molecular flexibility index (Phi) is 4.35. The zero-order valence-electron chi connectivity index (χ0n) is 11.7. The normalized spacial score (nSPS) is 23.3. The summed E-state index contributed by atoms with van der Waals surface area (Å²) < 4.78 is 4.77. The summed E-state index contributed by atoms with van der Waals surface area (Å²) in [6.45, 7) is 6.54. The Morgan fingerprint density at radius 2 is 1.95 bits per heavy atom. The van der Waals surface area contributed by atoms with Crippen molar-refractivity contribution in [2.45, 2.75) is 31.9 Å². The van der Waals surface area contributed by atoms with E-state index in [1.54, 1.807) is 11.8 Å². The highest BCUT2D eigenvalue weighted by Gasteiger charge is 2.44. The number of hydrogen-bond donors (Lipinski definition) is 0. The maximum atomic E-state index is 12.5. The summed E-state index contributed by atoms with van der Waals surface area (Å²) in [6, 6.07) is 9.99. The van der Waals surface area contributed by atoms with Gasteiger partial charge in [0.2, 0.25) is 0 Å². The van der Waals surface area contributed by atoms with Gasteiger partial charge in [-0.15, -0.1) is 11.8 Å². The van der Waals surface area contributed by atoms with E-state index in [9.17, 15) is 4.79 Å². The average molecular weight is 276 g/mol. The fraction of sp³-hybridized carbons (Fsp3) is 0.438. The Balaban J connectivity index is 2.44. The maximum Gasteiger partial charge on any atom is 0.327 e. The molecule has 1 heterocycles. The summed E-state index contributed by atoms with van der Waals surface area (Å²) in [5.74, 6) is 0.776. The molecule has 0 radical (unpaired) electrons. The van der Waals surface area contributed by atoms with Gasteiger partial charge in [-0.2, -0.15) is 0 Å². The monoisotopic (exact) mass is 276 g/mol. The summed E-state index contributed by atoms with van der Waals surface area (Å²) in [7, 11) is 0. The third-order valence-electron chi connectivity index (χ3n) is 3.62. The van der Waals surface area contributed by atoms with Gasteiger partial charge < -0.3 is 4.74 Å². The van der Waals surface area contributed by atoms with Gasteiger partial charge in [-0.05, 0) is 32.8 Å². The van der Waals surface area contributed by atoms with Gasteiger partial charge in [0.05, 0.1) is 6.61 Å². The number of ether oxygens (including phenoxy) is 1. The van der Waals surface area contributed by atoms with Gasteiger partial charge in [0.1, 0.15) is 4.75 Å². The van der Waals surface area contributed by atoms with Crippen LogP contribution < -0.4 is 0 Å². The predicted molar refractivity (Wildman–Crippen MR) is 80.2 cm³/mol. The molecular weight excluding hydrogens is 256 g/mol. The summed E-state index contributed by atoms with van der Waals surface area (Å²) in [4.78, 5) is 12.5. The van der Waals surface area contributed by atoms with Gasteiger partial charge in [0.15, 0.2) is 0 Å². The fourth-order valence-electron chi connectivity index (χ4n) is 2.32. The summed E-state index contributed by atoms with van der Waals surface area (Å²) in [5.41, 5.74) is 3.72. The molecule has 0 N–H and O–H groups in total. The van der Waals surface area contributed by atoms with E-state index in [4.69, 9.17) is 4.74 Å². The summed E-state index contributed by atoms with van der Waals surface area (Å²) in [6.07, 6.45) is 0.742. The number of thioether (sulfide) groups is 1. The van der Waals surface area contributed by atoms with Crippen LogP contribution in [-0.4, -0.2) is 18.3 Å². The van der Waals surface area contributed by atoms with Crippen LogP contribution in [0.4, 0.5) is 0 Å². The minimum Gasteiger partial charge on any atom is -0.465 e. The molecule has 1 unspecified atom stereocenters. The van der Waals surface area contributed by atoms with E-state index in [1.807, 2.05) is 37.3 Å². The van der Waals surface area contributed by atoms with Crippen LogP contribution in [0.3, 0.4) is 0 Å². The van der Waals surface area contributed by atoms with Gasteiger partial charge in [-0.3, -0.25) is 4.79 Å². The highest BCUT2D eigenvalue weighted by Crippen LogP contribution is 2.47. The lowest BCUT2D eigenvalue weighted by Crippen LogP contribution is -2.37. The number of carbonyl (C=O) groups is 1. The smallest absolute Gasteiger partial charge is 0.327 e. The molecule has 0 spiro atoms. The van der Waals surface area contributed by atoms with Crippen molar-refractivity contribution in [2.24, 2.45) is 0 Å². The molecule has 0 aromatic heterocycles. The topological polar surface area (TPSA) is 26.3 Å². The number of rotatable bonds is 3. The van der Waals surface area contributed by atoms with Gasteiger partial charge >= 0.3 is 5.97 Å². The van der Waals surface area contributed by atoms with Crippen molar-refractivity contribution in [2.75, 3.05) is 12.4 Å². The molecular formula is C16H20O2S. The predicted octanol–water partition coefficient (Wildman–Crippen LogP) is 3.92. The number of benzene rings is 1. The minimum atomic E-state index is -0.569. The van der Waals surface area contributed by atoms with Gasteiger partial charge in [0, 0.05) is 5.75 Å². The van der Waals surface area contributed by atoms with Crippen LogP contribution in [-0.2, 0) is 14.3 Å². The molecule has 0 amide bonds. The first-order chi connectivity index (χ1) is 9.10. The Labute approximate surface area is 119 Å². The highest BCUT2D eigenvalue weighted by molar-refractivity contribution is 8.01. The van der Waals surface area contributed by atoms with Gasteiger partial charge in [-0.25, -0.2) is 0 Å². The van der Waals surface area contributed by atoms with Crippen molar-refractivity contribution < 1.29 is 9.53 Å². The van der Waals surface area contributed by atoms with Crippen LogP contribution in [0.2, 0.25) is 0 Å². The second kappa shape index (κ2) is 5.83. The Morgan fingerprint density at radius 3 is 2.53 bits per heavy atom. The molecule has 1 aromatic rings. The zero-order chi connectivity index (χ0) is 13.9. The molecule has 0 fully saturated rings. The Hall–Kier alpha value is -1.22. The third-order valence-corrected chi connectivity index (χ3v) is 5.24. The van der Waals surface area contributed by atoms with Crippen molar-refractivity contribution in [3.05, 3.63) is 47.0 Å². The fourth-order valence-corrected chi connectivity index (χ4v) is 3.83. The van der Waals surface area contributed by atoms with E-state index >= 15 is 0 Å². The lowest BCUT2D eigenvalue weighted by atomic mass is 9.89. The van der Waals surface area contributed by atoms with Crippen molar-refractivity contribution in [1.29, 1.82) is 0 Å². The van der Waals surface area contributed by atoms with Crippen LogP contribution in [0.15, 0.2) is 41.5 Å². The molecule has 1 aliphatic rings. The third kappa shape index (κ3) is 2.71. The number of hydrogen-bond acceptors (Lipinski definition) is 3. The van der Waals surface area contributed by atoms with Crippen molar-refractivity contribution in [1.82, 2.24) is 0 Å². The molecule has 3 heteroatoms. The van der Waals surface area contributed by atoms with Crippen molar-refractivity contribution in [3.63, 3.8) is 0 Å². The SMILES string of the molecule is CCOC(=O)C1(c2ccccc2)CC(C)=C(C)CS1. The first kappa shape index (κ1) is 14.2. The minimum absolute atomic E-state index is 0.113. The largest absolute Gasteiger partial charge is 0.465 e. The highest BCUT2D eigenvalue weighted by atomic mass is 32.2. The lowest BCUT2D eigenvalue weighted by molar-refractivity contribution is -0.146. The molecule has 1 aromatic carbocycles. The molecule has 2 rings (SSSR count). The van der Waals surface area contributed by atoms with Crippen molar-refractivity contribution >= 4 is 17.7 Å². The summed E-state index contributed by atoms with van der Waals surface area (Å²) >= 11 is 1.69. The van der Waals surface area contributed by atoms with E-state index in [-0.39, 0.29) is 5.97 Å². The van der Waals surface area contributed by atoms with E-state index < -0.39 is 4.75 Å². The van der Waals surface area contributed by atoms with Crippen molar-refractivity contribution in [3.8, 4) is 0 Å². The van der Waals surface area contributed by atoms with Crippen LogP contribution in [0.5, 0.6) is 0 Å². The average Bonchev–Trinajstić information content (AvgIpc) is 2.43. The van der Waals surface area contributed by atoms with Crippen LogP contribution in [0.1, 0.15) is 32.8 Å². The molecule has 102 valence electrons. The maximum absolute atomic E-state index is 12.5. The van der Waals surface area contributed by atoms with E-state index in [1.165, 1.54) is 11.1 Å². The molecule has 0 bridgehead atoms. The van der Waals surface area contributed by atoms with Crippen LogP contribution in [0, 0.1) is 0 Å². The van der Waals surface area contributed by atoms with E-state index in [0.29, 0.717) is 6.61 Å². The Morgan fingerprint density at radius 1 is 1.26 bits per heavy atom. The van der Waals surface area contributed by atoms with E-state index in [2.05, 4.69) is 13.8 Å². The van der Waals surface area contributed by atoms with Crippen LogP contribution >= 0.6 is 11.8 Å². The number of carbonyl (C=O) groups excluding carboxylic acids is 1. The molecule has 2 nitrogen and oxygen atoms in total. The van der Waals surface area contributed by atoms with Crippen LogP contribution in [0.25, 0.3) is 0 Å². The molecule has 0 saturated heterocycles. The zero-order valence-corrected chi connectivity index (χ0v) is 12.5. The quantitative estimate of drug-likeness (QED) is 0.618. The number of esters is 1. The van der Waals surface area contributed by atoms with Gasteiger partial charge in [-0.1, -0.05) is 41.5 Å². The molecule has 0 saturated carbocycles.